The van der Waals surface area contributed by atoms with Gasteiger partial charge in [-0.05, 0) is 25.5 Å². The van der Waals surface area contributed by atoms with Crippen molar-refractivity contribution in [1.82, 2.24) is 0 Å². The van der Waals surface area contributed by atoms with Gasteiger partial charge in [0.2, 0.25) is 9.84 Å². The zero-order valence-electron chi connectivity index (χ0n) is 11.5. The minimum Gasteiger partial charge on any atom is -0.219 e. The summed E-state index contributed by atoms with van der Waals surface area (Å²) in [7, 11) is -3.64. The topological polar surface area (TPSA) is 34.1 Å². The molecule has 102 valence electrons. The van der Waals surface area contributed by atoms with Gasteiger partial charge in [-0.3, -0.25) is 0 Å². The Morgan fingerprint density at radius 3 is 1.89 bits per heavy atom. The Bertz CT molecular complexity index is 568. The van der Waals surface area contributed by atoms with Gasteiger partial charge in [-0.15, -0.1) is 0 Å². The van der Waals surface area contributed by atoms with Crippen LogP contribution in [0.15, 0.2) is 83.7 Å². The third kappa shape index (κ3) is 4.72. The van der Waals surface area contributed by atoms with Crippen LogP contribution in [0, 0.1) is 0 Å². The van der Waals surface area contributed by atoms with Gasteiger partial charge in [0, 0.05) is 0 Å². The van der Waals surface area contributed by atoms with E-state index in [1.807, 2.05) is 6.92 Å². The second kappa shape index (κ2) is 8.27. The van der Waals surface area contributed by atoms with Crippen molar-refractivity contribution in [3.8, 4) is 0 Å². The minimum absolute atomic E-state index is 0.0104. The molecule has 0 heterocycles. The molecule has 0 atom stereocenters. The average molecular weight is 276 g/mol. The van der Waals surface area contributed by atoms with E-state index in [0.717, 1.165) is 0 Å². The molecule has 0 spiro atoms. The Hall–Kier alpha value is -1.87. The highest BCUT2D eigenvalue weighted by Crippen LogP contribution is 2.24. The van der Waals surface area contributed by atoms with Crippen LogP contribution in [0.25, 0.3) is 0 Å². The second-order valence-corrected chi connectivity index (χ2v) is 5.55. The fourth-order valence-corrected chi connectivity index (χ4v) is 2.45. The highest BCUT2D eigenvalue weighted by Gasteiger charge is 2.20. The van der Waals surface area contributed by atoms with Crippen LogP contribution in [0.1, 0.15) is 13.8 Å². The maximum Gasteiger partial charge on any atom is 0.206 e. The molecule has 0 unspecified atom stereocenters. The van der Waals surface area contributed by atoms with Crippen molar-refractivity contribution in [2.24, 2.45) is 0 Å². The first-order chi connectivity index (χ1) is 8.95. The zero-order valence-corrected chi connectivity index (χ0v) is 12.3. The number of hydrogen-bond acceptors (Lipinski definition) is 2. The molecule has 0 fully saturated rings. The Morgan fingerprint density at radius 1 is 0.947 bits per heavy atom. The molecule has 0 rings (SSSR count). The van der Waals surface area contributed by atoms with E-state index in [0.29, 0.717) is 5.57 Å². The summed E-state index contributed by atoms with van der Waals surface area (Å²) >= 11 is 0. The molecule has 2 nitrogen and oxygen atoms in total. The third-order valence-corrected chi connectivity index (χ3v) is 4.11. The lowest BCUT2D eigenvalue weighted by molar-refractivity contribution is 0.609. The van der Waals surface area contributed by atoms with E-state index in [-0.39, 0.29) is 9.81 Å². The van der Waals surface area contributed by atoms with E-state index in [1.165, 1.54) is 18.2 Å². The molecule has 0 aliphatic heterocycles. The molecule has 3 heteroatoms. The van der Waals surface area contributed by atoms with E-state index in [9.17, 15) is 8.42 Å². The van der Waals surface area contributed by atoms with Crippen molar-refractivity contribution in [3.05, 3.63) is 83.7 Å². The molecule has 0 aromatic heterocycles. The summed E-state index contributed by atoms with van der Waals surface area (Å²) in [6, 6.07) is 0. The molecular formula is C16H20O2S. The van der Waals surface area contributed by atoms with Crippen molar-refractivity contribution >= 4 is 9.84 Å². The van der Waals surface area contributed by atoms with Crippen LogP contribution in [0.4, 0.5) is 0 Å². The fraction of sp³-hybridized carbons (Fsp3) is 0.125. The van der Waals surface area contributed by atoms with Crippen LogP contribution in [-0.2, 0) is 9.84 Å². The predicted octanol–water partition coefficient (Wildman–Crippen LogP) is 4.25. The first kappa shape index (κ1) is 17.1. The largest absolute Gasteiger partial charge is 0.219 e. The van der Waals surface area contributed by atoms with Gasteiger partial charge in [0.1, 0.15) is 0 Å². The molecule has 0 aromatic carbocycles. The maximum absolute atomic E-state index is 12.3. The second-order valence-electron chi connectivity index (χ2n) is 3.58. The Morgan fingerprint density at radius 2 is 1.47 bits per heavy atom. The lowest BCUT2D eigenvalue weighted by Crippen LogP contribution is -2.06. The molecule has 0 aliphatic carbocycles. The summed E-state index contributed by atoms with van der Waals surface area (Å²) in [5.41, 5.74) is 0.464. The molecule has 0 amide bonds. The summed E-state index contributed by atoms with van der Waals surface area (Å²) in [5, 5.41) is 0. The van der Waals surface area contributed by atoms with Gasteiger partial charge in [0.15, 0.2) is 0 Å². The number of hydrogen-bond donors (Lipinski definition) is 0. The van der Waals surface area contributed by atoms with Crippen LogP contribution in [0.2, 0.25) is 0 Å². The Balaban J connectivity index is 5.71. The lowest BCUT2D eigenvalue weighted by atomic mass is 10.2. The van der Waals surface area contributed by atoms with Crippen LogP contribution in [0.5, 0.6) is 0 Å². The summed E-state index contributed by atoms with van der Waals surface area (Å²) < 4.78 is 24.7. The van der Waals surface area contributed by atoms with E-state index >= 15 is 0 Å². The molecule has 0 aromatic rings. The highest BCUT2D eigenvalue weighted by molar-refractivity contribution is 7.99. The van der Waals surface area contributed by atoms with Crippen molar-refractivity contribution in [2.75, 3.05) is 0 Å². The lowest BCUT2D eigenvalue weighted by Gasteiger charge is -2.08. The van der Waals surface area contributed by atoms with Gasteiger partial charge in [-0.25, -0.2) is 8.42 Å². The van der Waals surface area contributed by atoms with Gasteiger partial charge < -0.3 is 0 Å². The molecule has 0 aliphatic rings. The number of rotatable bonds is 7. The first-order valence-corrected chi connectivity index (χ1v) is 7.29. The van der Waals surface area contributed by atoms with Crippen molar-refractivity contribution in [1.29, 1.82) is 0 Å². The van der Waals surface area contributed by atoms with Crippen LogP contribution < -0.4 is 0 Å². The van der Waals surface area contributed by atoms with Gasteiger partial charge in [0.25, 0.3) is 0 Å². The standard InChI is InChI=1S/C16H20O2S/c1-6-10-12-15(8-3)14(5)19(17,18)16(9-4)13-11-7-2/h6-13H,3-5H2,1-2H3/b10-6-,11-7-,15-12+,16-13+. The molecule has 0 N–H and O–H groups in total. The van der Waals surface area contributed by atoms with Crippen LogP contribution in [0.3, 0.4) is 0 Å². The Labute approximate surface area is 116 Å². The number of sulfone groups is 1. The van der Waals surface area contributed by atoms with Crippen molar-refractivity contribution in [2.45, 2.75) is 13.8 Å². The molecule has 0 saturated heterocycles. The van der Waals surface area contributed by atoms with Crippen LogP contribution >= 0.6 is 0 Å². The summed E-state index contributed by atoms with van der Waals surface area (Å²) in [6.45, 7) is 14.4. The van der Waals surface area contributed by atoms with Gasteiger partial charge in [-0.2, -0.15) is 0 Å². The fourth-order valence-electron chi connectivity index (χ4n) is 1.23. The first-order valence-electron chi connectivity index (χ1n) is 5.80. The van der Waals surface area contributed by atoms with Gasteiger partial charge in [0.05, 0.1) is 9.81 Å². The average Bonchev–Trinajstić information content (AvgIpc) is 2.40. The van der Waals surface area contributed by atoms with E-state index in [1.54, 1.807) is 37.3 Å². The van der Waals surface area contributed by atoms with E-state index in [2.05, 4.69) is 19.7 Å². The molecule has 0 bridgehead atoms. The summed E-state index contributed by atoms with van der Waals surface area (Å²) in [6.07, 6.45) is 12.8. The smallest absolute Gasteiger partial charge is 0.206 e. The normalized spacial score (nSPS) is 14.0. The predicted molar refractivity (Wildman–Crippen MR) is 84.2 cm³/mol. The molecule has 19 heavy (non-hydrogen) atoms. The van der Waals surface area contributed by atoms with Crippen molar-refractivity contribution in [3.63, 3.8) is 0 Å². The minimum atomic E-state index is -3.64. The van der Waals surface area contributed by atoms with Gasteiger partial charge in [-0.1, -0.05) is 62.3 Å². The molecule has 0 saturated carbocycles. The van der Waals surface area contributed by atoms with E-state index in [4.69, 9.17) is 0 Å². The third-order valence-electron chi connectivity index (χ3n) is 2.30. The maximum atomic E-state index is 12.3. The van der Waals surface area contributed by atoms with Crippen molar-refractivity contribution < 1.29 is 8.42 Å². The monoisotopic (exact) mass is 276 g/mol. The number of allylic oxidation sites excluding steroid dienone is 9. The van der Waals surface area contributed by atoms with E-state index < -0.39 is 9.84 Å². The van der Waals surface area contributed by atoms with Crippen LogP contribution in [-0.4, -0.2) is 8.42 Å². The van der Waals surface area contributed by atoms with Gasteiger partial charge >= 0.3 is 0 Å². The highest BCUT2D eigenvalue weighted by atomic mass is 32.2. The summed E-state index contributed by atoms with van der Waals surface area (Å²) in [4.78, 5) is 0.125. The molecule has 0 radical (unpaired) electrons. The Kier molecular flexibility index (Phi) is 7.46. The SMILES string of the molecule is C=C/C(=C\C=C/C)C(=C)S(=O)(=O)/C(C=C)=C/C=C\C. The zero-order chi connectivity index (χ0) is 14.9. The molecular weight excluding hydrogens is 256 g/mol. The quantitative estimate of drug-likeness (QED) is 0.651. The summed E-state index contributed by atoms with van der Waals surface area (Å²) in [5.74, 6) is 0.